The molecule has 0 aliphatic heterocycles. The highest BCUT2D eigenvalue weighted by molar-refractivity contribution is 7.45. The van der Waals surface area contributed by atoms with E-state index in [4.69, 9.17) is 18.5 Å². The monoisotopic (exact) mass is 649 g/mol. The molecule has 0 radical (unpaired) electrons. The van der Waals surface area contributed by atoms with Gasteiger partial charge in [0.25, 0.3) is 7.82 Å². The van der Waals surface area contributed by atoms with Crippen molar-refractivity contribution in [3.8, 4) is 0 Å². The summed E-state index contributed by atoms with van der Waals surface area (Å²) in [6, 6.07) is 0. The lowest BCUT2D eigenvalue weighted by Crippen LogP contribution is -2.37. The molecule has 0 aromatic rings. The molecule has 0 rings (SSSR count). The second kappa shape index (κ2) is 28.3. The van der Waals surface area contributed by atoms with E-state index in [2.05, 4.69) is 13.8 Å². The molecule has 0 aromatic carbocycles. The van der Waals surface area contributed by atoms with Crippen molar-refractivity contribution in [2.75, 3.05) is 47.5 Å². The Balaban J connectivity index is 4.47. The third-order valence-electron chi connectivity index (χ3n) is 7.63. The number of quaternary nitrogens is 1. The summed E-state index contributed by atoms with van der Waals surface area (Å²) in [7, 11) is 1.17. The summed E-state index contributed by atoms with van der Waals surface area (Å²) in [5, 5.41) is 0. The van der Waals surface area contributed by atoms with E-state index in [0.29, 0.717) is 17.4 Å². The van der Waals surface area contributed by atoms with Crippen LogP contribution in [0.15, 0.2) is 0 Å². The molecule has 0 N–H and O–H groups in total. The van der Waals surface area contributed by atoms with E-state index in [9.17, 15) is 19.0 Å². The van der Waals surface area contributed by atoms with Crippen LogP contribution in [0.25, 0.3) is 0 Å². The van der Waals surface area contributed by atoms with E-state index >= 15 is 0 Å². The van der Waals surface area contributed by atoms with Gasteiger partial charge in [-0.2, -0.15) is 0 Å². The minimum absolute atomic E-state index is 0.0265. The SMILES string of the molecule is CCCCCCCCCCCCC(=O)OCC(COP(=O)([O-])OCC[N+](C)(C)C)OC(=O)CCCCCCCCCCCC. The fourth-order valence-corrected chi connectivity index (χ4v) is 5.50. The van der Waals surface area contributed by atoms with Gasteiger partial charge in [0.2, 0.25) is 0 Å². The van der Waals surface area contributed by atoms with Crippen LogP contribution < -0.4 is 4.89 Å². The Morgan fingerprint density at radius 3 is 1.45 bits per heavy atom. The summed E-state index contributed by atoms with van der Waals surface area (Å²) in [5.74, 6) is -0.833. The van der Waals surface area contributed by atoms with E-state index in [1.54, 1.807) is 0 Å². The molecule has 0 fully saturated rings. The van der Waals surface area contributed by atoms with Gasteiger partial charge in [-0.15, -0.1) is 0 Å². The molecule has 0 aliphatic rings. The third kappa shape index (κ3) is 31.0. The molecule has 0 saturated heterocycles. The largest absolute Gasteiger partial charge is 0.756 e. The summed E-state index contributed by atoms with van der Waals surface area (Å²) in [6.07, 6.45) is 22.7. The normalized spacial score (nSPS) is 13.9. The molecule has 2 unspecified atom stereocenters. The second-order valence-electron chi connectivity index (χ2n) is 13.2. The lowest BCUT2D eigenvalue weighted by molar-refractivity contribution is -0.870. The standard InChI is InChI=1S/C34H68NO8P/c1-6-8-10-12-14-16-18-20-22-24-26-33(36)40-30-32(31-42-44(38,39)41-29-28-35(3,4)5)43-34(37)27-25-23-21-19-17-15-13-11-9-7-2/h32H,6-31H2,1-5H3. The quantitative estimate of drug-likeness (QED) is 0.0310. The fraction of sp³-hybridized carbons (Fsp3) is 0.941. The van der Waals surface area contributed by atoms with E-state index in [1.165, 1.54) is 89.9 Å². The van der Waals surface area contributed by atoms with E-state index < -0.39 is 26.5 Å². The lowest BCUT2D eigenvalue weighted by Gasteiger charge is -2.28. The van der Waals surface area contributed by atoms with Crippen LogP contribution in [0, 0.1) is 0 Å². The highest BCUT2D eigenvalue weighted by Gasteiger charge is 2.21. The summed E-state index contributed by atoms with van der Waals surface area (Å²) >= 11 is 0. The first-order valence-corrected chi connectivity index (χ1v) is 19.2. The molecule has 0 saturated carbocycles. The molecular formula is C34H68NO8P. The molecule has 0 aliphatic carbocycles. The highest BCUT2D eigenvalue weighted by atomic mass is 31.2. The molecule has 10 heteroatoms. The summed E-state index contributed by atoms with van der Waals surface area (Å²) < 4.78 is 33.6. The Morgan fingerprint density at radius 1 is 0.614 bits per heavy atom. The molecule has 262 valence electrons. The number of carbonyl (C=O) groups excluding carboxylic acids is 2. The van der Waals surface area contributed by atoms with Crippen LogP contribution in [0.3, 0.4) is 0 Å². The number of likely N-dealkylation sites (N-methyl/N-ethyl adjacent to an activating group) is 1. The number of phosphoric acid groups is 1. The zero-order valence-corrected chi connectivity index (χ0v) is 30.0. The van der Waals surface area contributed by atoms with Crippen LogP contribution in [0.5, 0.6) is 0 Å². The van der Waals surface area contributed by atoms with Gasteiger partial charge in [0, 0.05) is 12.8 Å². The Hall–Kier alpha value is -0.990. The summed E-state index contributed by atoms with van der Waals surface area (Å²) in [4.78, 5) is 37.1. The van der Waals surface area contributed by atoms with Crippen LogP contribution in [0.4, 0.5) is 0 Å². The van der Waals surface area contributed by atoms with Crippen molar-refractivity contribution in [3.05, 3.63) is 0 Å². The van der Waals surface area contributed by atoms with Crippen molar-refractivity contribution < 1.29 is 42.1 Å². The minimum atomic E-state index is -4.60. The van der Waals surface area contributed by atoms with Crippen molar-refractivity contribution in [1.82, 2.24) is 0 Å². The van der Waals surface area contributed by atoms with Crippen molar-refractivity contribution >= 4 is 19.8 Å². The average molecular weight is 650 g/mol. The molecule has 0 heterocycles. The zero-order chi connectivity index (χ0) is 32.9. The average Bonchev–Trinajstić information content (AvgIpc) is 2.95. The number of unbranched alkanes of at least 4 members (excludes halogenated alkanes) is 18. The van der Waals surface area contributed by atoms with Crippen LogP contribution >= 0.6 is 7.82 Å². The smallest absolute Gasteiger partial charge is 0.306 e. The van der Waals surface area contributed by atoms with Crippen LogP contribution in [0.1, 0.15) is 155 Å². The van der Waals surface area contributed by atoms with Crippen molar-refractivity contribution in [1.29, 1.82) is 0 Å². The molecule has 0 spiro atoms. The Morgan fingerprint density at radius 2 is 1.02 bits per heavy atom. The van der Waals surface area contributed by atoms with Crippen molar-refractivity contribution in [3.63, 3.8) is 0 Å². The molecule has 2 atom stereocenters. The van der Waals surface area contributed by atoms with Gasteiger partial charge in [0.05, 0.1) is 27.7 Å². The maximum atomic E-state index is 12.5. The van der Waals surface area contributed by atoms with E-state index in [0.717, 1.165) is 32.1 Å². The van der Waals surface area contributed by atoms with Gasteiger partial charge in [0.1, 0.15) is 19.8 Å². The number of nitrogens with zero attached hydrogens (tertiary/aromatic N) is 1. The minimum Gasteiger partial charge on any atom is -0.756 e. The van der Waals surface area contributed by atoms with Crippen LogP contribution in [0.2, 0.25) is 0 Å². The first-order chi connectivity index (χ1) is 21.0. The van der Waals surface area contributed by atoms with Crippen LogP contribution in [-0.4, -0.2) is 70.0 Å². The first-order valence-electron chi connectivity index (χ1n) is 17.7. The van der Waals surface area contributed by atoms with Gasteiger partial charge >= 0.3 is 11.9 Å². The van der Waals surface area contributed by atoms with Crippen molar-refractivity contribution in [2.24, 2.45) is 0 Å². The molecule has 0 aromatic heterocycles. The van der Waals surface area contributed by atoms with E-state index in [-0.39, 0.29) is 32.0 Å². The van der Waals surface area contributed by atoms with E-state index in [1.807, 2.05) is 21.1 Å². The van der Waals surface area contributed by atoms with Gasteiger partial charge in [-0.25, -0.2) is 0 Å². The van der Waals surface area contributed by atoms with Gasteiger partial charge in [-0.3, -0.25) is 14.2 Å². The van der Waals surface area contributed by atoms with Gasteiger partial charge in [0.15, 0.2) is 6.10 Å². The maximum Gasteiger partial charge on any atom is 0.306 e. The first kappa shape index (κ1) is 43.0. The predicted octanol–water partition coefficient (Wildman–Crippen LogP) is 8.27. The fourth-order valence-electron chi connectivity index (χ4n) is 4.77. The number of hydrogen-bond acceptors (Lipinski definition) is 8. The Bertz CT molecular complexity index is 743. The molecular weight excluding hydrogens is 581 g/mol. The molecule has 9 nitrogen and oxygen atoms in total. The number of phosphoric ester groups is 1. The third-order valence-corrected chi connectivity index (χ3v) is 8.59. The molecule has 0 bridgehead atoms. The molecule has 44 heavy (non-hydrogen) atoms. The highest BCUT2D eigenvalue weighted by Crippen LogP contribution is 2.38. The number of carbonyl (C=O) groups is 2. The molecule has 0 amide bonds. The number of hydrogen-bond donors (Lipinski definition) is 0. The summed E-state index contributed by atoms with van der Waals surface area (Å²) in [5.41, 5.74) is 0. The zero-order valence-electron chi connectivity index (χ0n) is 29.1. The van der Waals surface area contributed by atoms with Gasteiger partial charge < -0.3 is 27.9 Å². The van der Waals surface area contributed by atoms with Gasteiger partial charge in [-0.1, -0.05) is 129 Å². The number of esters is 2. The topological polar surface area (TPSA) is 111 Å². The summed E-state index contributed by atoms with van der Waals surface area (Å²) in [6.45, 7) is 4.18. The van der Waals surface area contributed by atoms with Gasteiger partial charge in [-0.05, 0) is 12.8 Å². The lowest BCUT2D eigenvalue weighted by atomic mass is 10.1. The van der Waals surface area contributed by atoms with Crippen molar-refractivity contribution in [2.45, 2.75) is 161 Å². The maximum absolute atomic E-state index is 12.5. The predicted molar refractivity (Wildman–Crippen MR) is 176 cm³/mol. The van der Waals surface area contributed by atoms with Crippen LogP contribution in [-0.2, 0) is 32.7 Å². The Kier molecular flexibility index (Phi) is 27.6. The number of rotatable bonds is 32. The second-order valence-corrected chi connectivity index (χ2v) is 14.7. The Labute approximate surface area is 270 Å². The number of ether oxygens (including phenoxy) is 2.